The molecule has 0 N–H and O–H groups in total. The van der Waals surface area contributed by atoms with Crippen molar-refractivity contribution in [1.82, 2.24) is 0 Å². The molecule has 1 unspecified atom stereocenters. The summed E-state index contributed by atoms with van der Waals surface area (Å²) in [5.74, 6) is 1.24. The molecule has 1 fully saturated rings. The van der Waals surface area contributed by atoms with Gasteiger partial charge in [-0.25, -0.2) is 0 Å². The van der Waals surface area contributed by atoms with E-state index in [2.05, 4.69) is 6.07 Å². The van der Waals surface area contributed by atoms with Crippen molar-refractivity contribution >= 4 is 33.7 Å². The van der Waals surface area contributed by atoms with E-state index in [0.717, 1.165) is 27.6 Å². The van der Waals surface area contributed by atoms with Crippen LogP contribution >= 0.6 is 22.9 Å². The summed E-state index contributed by atoms with van der Waals surface area (Å²) in [4.78, 5) is 1.69. The first-order valence-electron chi connectivity index (χ1n) is 6.35. The number of thiophene rings is 1. The molecule has 102 valence electrons. The third-order valence-corrected chi connectivity index (χ3v) is 6.17. The molecule has 0 bridgehead atoms. The molecule has 3 rings (SSSR count). The van der Waals surface area contributed by atoms with E-state index in [1.54, 1.807) is 6.07 Å². The first-order valence-corrected chi connectivity index (χ1v) is 8.87. The summed E-state index contributed by atoms with van der Waals surface area (Å²) >= 11 is 7.44. The second kappa shape index (κ2) is 5.69. The van der Waals surface area contributed by atoms with Gasteiger partial charge in [-0.15, -0.1) is 11.3 Å². The molecule has 1 saturated carbocycles. The smallest absolute Gasteiger partial charge is 0.100 e. The molecule has 0 aliphatic heterocycles. The lowest BCUT2D eigenvalue weighted by Crippen LogP contribution is -2.02. The molecular weight excluding hydrogens is 310 g/mol. The molecule has 2 nitrogen and oxygen atoms in total. The Morgan fingerprint density at radius 3 is 2.75 bits per heavy atom. The standard InChI is InChI=1S/C15H12ClNOS2/c16-15-6-5-13(19-15)11-3-4-12(8-17)14(7-11)20(18)9-10-1-2-10/h3-7,10H,1-2,9H2. The molecule has 5 heteroatoms. The van der Waals surface area contributed by atoms with Crippen LogP contribution in [0.4, 0.5) is 0 Å². The van der Waals surface area contributed by atoms with Gasteiger partial charge in [0.15, 0.2) is 0 Å². The molecular formula is C15H12ClNOS2. The minimum atomic E-state index is -1.09. The van der Waals surface area contributed by atoms with E-state index in [1.165, 1.54) is 11.3 Å². The minimum absolute atomic E-state index is 0.510. The number of nitriles is 1. The monoisotopic (exact) mass is 321 g/mol. The van der Waals surface area contributed by atoms with Crippen molar-refractivity contribution in [1.29, 1.82) is 5.26 Å². The van der Waals surface area contributed by atoms with Crippen LogP contribution in [0, 0.1) is 17.2 Å². The van der Waals surface area contributed by atoms with Gasteiger partial charge in [0.1, 0.15) is 6.07 Å². The van der Waals surface area contributed by atoms with E-state index in [0.29, 0.717) is 22.1 Å². The van der Waals surface area contributed by atoms with E-state index in [9.17, 15) is 9.47 Å². The van der Waals surface area contributed by atoms with Gasteiger partial charge in [-0.3, -0.25) is 4.21 Å². The lowest BCUT2D eigenvalue weighted by Gasteiger charge is -2.06. The molecule has 1 atom stereocenters. The second-order valence-corrected chi connectivity index (χ2v) is 8.06. The Kier molecular flexibility index (Phi) is 3.93. The Labute approximate surface area is 129 Å². The van der Waals surface area contributed by atoms with E-state index in [1.807, 2.05) is 24.3 Å². The van der Waals surface area contributed by atoms with Crippen molar-refractivity contribution in [3.63, 3.8) is 0 Å². The van der Waals surface area contributed by atoms with Crippen LogP contribution in [0.1, 0.15) is 18.4 Å². The van der Waals surface area contributed by atoms with Gasteiger partial charge >= 0.3 is 0 Å². The molecule has 0 amide bonds. The van der Waals surface area contributed by atoms with Crippen molar-refractivity contribution in [2.45, 2.75) is 17.7 Å². The Morgan fingerprint density at radius 1 is 1.35 bits per heavy atom. The summed E-state index contributed by atoms with van der Waals surface area (Å²) in [5.41, 5.74) is 1.48. The quantitative estimate of drug-likeness (QED) is 0.834. The Balaban J connectivity index is 1.98. The third kappa shape index (κ3) is 2.95. The maximum absolute atomic E-state index is 12.4. The fourth-order valence-corrected chi connectivity index (χ4v) is 4.61. The van der Waals surface area contributed by atoms with Crippen molar-refractivity contribution < 1.29 is 4.21 Å². The summed E-state index contributed by atoms with van der Waals surface area (Å²) < 4.78 is 13.1. The van der Waals surface area contributed by atoms with Gasteiger partial charge in [0, 0.05) is 10.6 Å². The minimum Gasteiger partial charge on any atom is -0.254 e. The fourth-order valence-electron chi connectivity index (χ4n) is 2.01. The van der Waals surface area contributed by atoms with Crippen LogP contribution < -0.4 is 0 Å². The van der Waals surface area contributed by atoms with Crippen molar-refractivity contribution in [2.24, 2.45) is 5.92 Å². The van der Waals surface area contributed by atoms with Gasteiger partial charge in [0.05, 0.1) is 25.6 Å². The van der Waals surface area contributed by atoms with Gasteiger partial charge in [0.25, 0.3) is 0 Å². The average molecular weight is 322 g/mol. The summed E-state index contributed by atoms with van der Waals surface area (Å²) in [6, 6.07) is 11.4. The normalized spacial score (nSPS) is 15.8. The SMILES string of the molecule is N#Cc1ccc(-c2ccc(Cl)s2)cc1S(=O)CC1CC1. The van der Waals surface area contributed by atoms with E-state index >= 15 is 0 Å². The number of nitrogens with zero attached hydrogens (tertiary/aromatic N) is 1. The fraction of sp³-hybridized carbons (Fsp3) is 0.267. The third-order valence-electron chi connectivity index (χ3n) is 3.29. The largest absolute Gasteiger partial charge is 0.254 e. The first-order chi connectivity index (χ1) is 9.67. The summed E-state index contributed by atoms with van der Waals surface area (Å²) in [7, 11) is -1.09. The Hall–Kier alpha value is -1.15. The predicted octanol–water partition coefficient (Wildman–Crippen LogP) is 4.46. The average Bonchev–Trinajstić information content (AvgIpc) is 3.16. The lowest BCUT2D eigenvalue weighted by atomic mass is 10.1. The highest BCUT2D eigenvalue weighted by Crippen LogP contribution is 2.35. The van der Waals surface area contributed by atoms with Crippen LogP contribution in [0.2, 0.25) is 4.34 Å². The molecule has 1 aromatic heterocycles. The number of halogens is 1. The molecule has 1 aliphatic carbocycles. The van der Waals surface area contributed by atoms with Gasteiger partial charge in [0.2, 0.25) is 0 Å². The van der Waals surface area contributed by atoms with Crippen molar-refractivity contribution in [2.75, 3.05) is 5.75 Å². The zero-order valence-electron chi connectivity index (χ0n) is 10.6. The maximum atomic E-state index is 12.4. The zero-order chi connectivity index (χ0) is 14.1. The van der Waals surface area contributed by atoms with Gasteiger partial charge in [-0.2, -0.15) is 5.26 Å². The molecule has 0 radical (unpaired) electrons. The first kappa shape index (κ1) is 13.8. The van der Waals surface area contributed by atoms with Gasteiger partial charge in [-0.1, -0.05) is 17.7 Å². The van der Waals surface area contributed by atoms with Crippen LogP contribution in [0.25, 0.3) is 10.4 Å². The van der Waals surface area contributed by atoms with Gasteiger partial charge < -0.3 is 0 Å². The molecule has 2 aromatic rings. The molecule has 20 heavy (non-hydrogen) atoms. The number of benzene rings is 1. The summed E-state index contributed by atoms with van der Waals surface area (Å²) in [6.45, 7) is 0. The number of hydrogen-bond donors (Lipinski definition) is 0. The molecule has 1 heterocycles. The number of rotatable bonds is 4. The van der Waals surface area contributed by atoms with Crippen LogP contribution in [-0.4, -0.2) is 9.96 Å². The molecule has 1 aromatic carbocycles. The lowest BCUT2D eigenvalue weighted by molar-refractivity contribution is 0.679. The van der Waals surface area contributed by atoms with Gasteiger partial charge in [-0.05, 0) is 48.6 Å². The van der Waals surface area contributed by atoms with Crippen LogP contribution in [0.3, 0.4) is 0 Å². The Bertz CT molecular complexity index is 713. The second-order valence-electron chi connectivity index (χ2n) is 4.88. The highest BCUT2D eigenvalue weighted by Gasteiger charge is 2.25. The zero-order valence-corrected chi connectivity index (χ0v) is 13.0. The summed E-state index contributed by atoms with van der Waals surface area (Å²) in [6.07, 6.45) is 2.32. The predicted molar refractivity (Wildman–Crippen MR) is 83.5 cm³/mol. The topological polar surface area (TPSA) is 40.9 Å². The van der Waals surface area contributed by atoms with Crippen LogP contribution in [0.5, 0.6) is 0 Å². The molecule has 1 aliphatic rings. The van der Waals surface area contributed by atoms with E-state index in [-0.39, 0.29) is 0 Å². The van der Waals surface area contributed by atoms with Crippen molar-refractivity contribution in [3.05, 3.63) is 40.2 Å². The van der Waals surface area contributed by atoms with Crippen LogP contribution in [-0.2, 0) is 10.8 Å². The highest BCUT2D eigenvalue weighted by atomic mass is 35.5. The van der Waals surface area contributed by atoms with Crippen LogP contribution in [0.15, 0.2) is 35.2 Å². The maximum Gasteiger partial charge on any atom is 0.100 e. The van der Waals surface area contributed by atoms with E-state index in [4.69, 9.17) is 11.6 Å². The van der Waals surface area contributed by atoms with Crippen molar-refractivity contribution in [3.8, 4) is 16.5 Å². The number of hydrogen-bond acceptors (Lipinski definition) is 3. The Morgan fingerprint density at radius 2 is 2.15 bits per heavy atom. The van der Waals surface area contributed by atoms with E-state index < -0.39 is 10.8 Å². The molecule has 0 saturated heterocycles. The molecule has 0 spiro atoms. The highest BCUT2D eigenvalue weighted by molar-refractivity contribution is 7.85. The summed E-state index contributed by atoms with van der Waals surface area (Å²) in [5, 5.41) is 9.18.